The van der Waals surface area contributed by atoms with E-state index in [1.807, 2.05) is 13.8 Å². The molecular weight excluding hydrogens is 236 g/mol. The highest BCUT2D eigenvalue weighted by Crippen LogP contribution is 2.13. The molecule has 4 heteroatoms. The van der Waals surface area contributed by atoms with Gasteiger partial charge in [0.25, 0.3) is 0 Å². The highest BCUT2D eigenvalue weighted by molar-refractivity contribution is 9.10. The maximum absolute atomic E-state index is 6.88. The zero-order chi connectivity index (χ0) is 6.08. The lowest BCUT2D eigenvalue weighted by atomic mass is 10.2. The quantitative estimate of drug-likeness (QED) is 0.412. The average Bonchev–Trinajstić information content (AvgIpc) is 1.31. The molecule has 0 aliphatic rings. The predicted molar refractivity (Wildman–Crippen MR) is 45.2 cm³/mol. The van der Waals surface area contributed by atoms with Crippen molar-refractivity contribution in [2.75, 3.05) is 0 Å². The lowest BCUT2D eigenvalue weighted by Gasteiger charge is -2.11. The van der Waals surface area contributed by atoms with E-state index >= 15 is 0 Å². The fraction of sp³-hybridized carbons (Fsp3) is 0.750. The molecule has 0 fully saturated rings. The van der Waals surface area contributed by atoms with Crippen molar-refractivity contribution in [2.24, 2.45) is 5.73 Å². The molecule has 0 atom stereocenters. The van der Waals surface area contributed by atoms with Crippen LogP contribution < -0.4 is 5.73 Å². The monoisotopic (exact) mass is 244 g/mol. The van der Waals surface area contributed by atoms with Crippen molar-refractivity contribution in [3.05, 3.63) is 0 Å². The Labute approximate surface area is 68.2 Å². The van der Waals surface area contributed by atoms with Crippen LogP contribution >= 0.6 is 32.9 Å². The Morgan fingerprint density at radius 2 is 1.75 bits per heavy atom. The van der Waals surface area contributed by atoms with Crippen LogP contribution in [0, 0.1) is 5.41 Å². The SMILES string of the molecule is Br.CC(C)(Br)C(=N)N. The summed E-state index contributed by atoms with van der Waals surface area (Å²) in [5.41, 5.74) is 5.11. The van der Waals surface area contributed by atoms with E-state index in [4.69, 9.17) is 11.1 Å². The highest BCUT2D eigenvalue weighted by Gasteiger charge is 2.14. The molecule has 0 aliphatic heterocycles. The van der Waals surface area contributed by atoms with E-state index in [-0.39, 0.29) is 27.1 Å². The first kappa shape index (κ1) is 11.3. The van der Waals surface area contributed by atoms with Crippen molar-refractivity contribution >= 4 is 38.7 Å². The van der Waals surface area contributed by atoms with Crippen LogP contribution in [0.5, 0.6) is 0 Å². The number of nitrogens with one attached hydrogen (secondary N) is 1. The molecule has 0 unspecified atom stereocenters. The van der Waals surface area contributed by atoms with Gasteiger partial charge >= 0.3 is 0 Å². The van der Waals surface area contributed by atoms with Gasteiger partial charge in [0.1, 0.15) is 5.84 Å². The van der Waals surface area contributed by atoms with E-state index in [0.29, 0.717) is 0 Å². The van der Waals surface area contributed by atoms with Crippen LogP contribution in [0.15, 0.2) is 0 Å². The third-order valence-electron chi connectivity index (χ3n) is 0.640. The van der Waals surface area contributed by atoms with Crippen molar-refractivity contribution in [1.29, 1.82) is 5.41 Å². The molecule has 8 heavy (non-hydrogen) atoms. The summed E-state index contributed by atoms with van der Waals surface area (Å²) in [6.07, 6.45) is 0. The van der Waals surface area contributed by atoms with Crippen LogP contribution in [0.25, 0.3) is 0 Å². The average molecular weight is 246 g/mol. The fourth-order valence-electron chi connectivity index (χ4n) is 0. The smallest absolute Gasteiger partial charge is 0.107 e. The molecule has 0 amide bonds. The third kappa shape index (κ3) is 4.59. The standard InChI is InChI=1S/C4H9BrN2.BrH/c1-4(2,5)3(6)7;/h1-2H3,(H3,6,7);1H. The maximum atomic E-state index is 6.88. The van der Waals surface area contributed by atoms with E-state index in [1.165, 1.54) is 0 Å². The number of hydrogen-bond acceptors (Lipinski definition) is 1. The summed E-state index contributed by atoms with van der Waals surface area (Å²) >= 11 is 3.19. The number of amidine groups is 1. The van der Waals surface area contributed by atoms with Gasteiger partial charge in [-0.05, 0) is 13.8 Å². The Bertz CT molecular complexity index is 84.5. The Morgan fingerprint density at radius 3 is 1.75 bits per heavy atom. The van der Waals surface area contributed by atoms with Crippen molar-refractivity contribution < 1.29 is 0 Å². The molecule has 0 rings (SSSR count). The molecular formula is C4H10Br2N2. The molecule has 0 heterocycles. The number of alkyl halides is 1. The van der Waals surface area contributed by atoms with Crippen molar-refractivity contribution in [3.8, 4) is 0 Å². The number of halogens is 2. The van der Waals surface area contributed by atoms with Crippen LogP contribution in [0.2, 0.25) is 0 Å². The number of nitrogens with two attached hydrogens (primary N) is 1. The summed E-state index contributed by atoms with van der Waals surface area (Å²) in [6, 6.07) is 0. The summed E-state index contributed by atoms with van der Waals surface area (Å²) in [5, 5.41) is 6.88. The second kappa shape index (κ2) is 3.45. The first-order valence-electron chi connectivity index (χ1n) is 1.98. The van der Waals surface area contributed by atoms with Gasteiger partial charge in [0.15, 0.2) is 0 Å². The summed E-state index contributed by atoms with van der Waals surface area (Å²) in [6.45, 7) is 3.66. The van der Waals surface area contributed by atoms with E-state index in [9.17, 15) is 0 Å². The number of hydrogen-bond donors (Lipinski definition) is 2. The molecule has 0 aliphatic carbocycles. The molecule has 0 spiro atoms. The minimum absolute atomic E-state index is 0. The first-order chi connectivity index (χ1) is 2.94. The molecule has 0 aromatic rings. The lowest BCUT2D eigenvalue weighted by Crippen LogP contribution is -2.30. The minimum atomic E-state index is -0.326. The van der Waals surface area contributed by atoms with Gasteiger partial charge in [0, 0.05) is 0 Å². The topological polar surface area (TPSA) is 49.9 Å². The Balaban J connectivity index is 0. The normalized spacial score (nSPS) is 9.88. The number of rotatable bonds is 1. The zero-order valence-electron chi connectivity index (χ0n) is 4.86. The van der Waals surface area contributed by atoms with Gasteiger partial charge in [-0.1, -0.05) is 15.9 Å². The van der Waals surface area contributed by atoms with Crippen LogP contribution in [0.1, 0.15) is 13.8 Å². The van der Waals surface area contributed by atoms with Gasteiger partial charge in [0.05, 0.1) is 4.32 Å². The molecule has 0 saturated heterocycles. The minimum Gasteiger partial charge on any atom is -0.386 e. The van der Waals surface area contributed by atoms with E-state index in [0.717, 1.165) is 0 Å². The molecule has 0 radical (unpaired) electrons. The van der Waals surface area contributed by atoms with E-state index < -0.39 is 0 Å². The van der Waals surface area contributed by atoms with Crippen molar-refractivity contribution in [2.45, 2.75) is 18.2 Å². The summed E-state index contributed by atoms with van der Waals surface area (Å²) < 4.78 is -0.326. The highest BCUT2D eigenvalue weighted by atomic mass is 79.9. The Morgan fingerprint density at radius 1 is 1.62 bits per heavy atom. The molecule has 0 saturated carbocycles. The van der Waals surface area contributed by atoms with Gasteiger partial charge in [-0.15, -0.1) is 17.0 Å². The van der Waals surface area contributed by atoms with Crippen LogP contribution in [-0.4, -0.2) is 10.2 Å². The van der Waals surface area contributed by atoms with Gasteiger partial charge in [-0.2, -0.15) is 0 Å². The van der Waals surface area contributed by atoms with Gasteiger partial charge in [-0.3, -0.25) is 5.41 Å². The lowest BCUT2D eigenvalue weighted by molar-refractivity contribution is 0.948. The van der Waals surface area contributed by atoms with Gasteiger partial charge < -0.3 is 5.73 Å². The van der Waals surface area contributed by atoms with Crippen LogP contribution in [-0.2, 0) is 0 Å². The fourth-order valence-corrected chi connectivity index (χ4v) is 0. The van der Waals surface area contributed by atoms with Crippen LogP contribution in [0.4, 0.5) is 0 Å². The largest absolute Gasteiger partial charge is 0.386 e. The summed E-state index contributed by atoms with van der Waals surface area (Å²) in [7, 11) is 0. The van der Waals surface area contributed by atoms with Crippen molar-refractivity contribution in [3.63, 3.8) is 0 Å². The van der Waals surface area contributed by atoms with Crippen LogP contribution in [0.3, 0.4) is 0 Å². The molecule has 3 N–H and O–H groups in total. The first-order valence-corrected chi connectivity index (χ1v) is 2.77. The molecule has 2 nitrogen and oxygen atoms in total. The van der Waals surface area contributed by atoms with E-state index in [2.05, 4.69) is 15.9 Å². The summed E-state index contributed by atoms with van der Waals surface area (Å²) in [4.78, 5) is 0. The second-order valence-electron chi connectivity index (χ2n) is 1.89. The Hall–Kier alpha value is 0.430. The Kier molecular flexibility index (Phi) is 4.86. The van der Waals surface area contributed by atoms with Gasteiger partial charge in [-0.25, -0.2) is 0 Å². The molecule has 50 valence electrons. The second-order valence-corrected chi connectivity index (χ2v) is 3.87. The maximum Gasteiger partial charge on any atom is 0.107 e. The molecule has 0 aromatic heterocycles. The zero-order valence-corrected chi connectivity index (χ0v) is 8.16. The van der Waals surface area contributed by atoms with Crippen molar-refractivity contribution in [1.82, 2.24) is 0 Å². The molecule has 0 aromatic carbocycles. The summed E-state index contributed by atoms with van der Waals surface area (Å²) in [5.74, 6) is 0.160. The predicted octanol–water partition coefficient (Wildman–Crippen LogP) is 1.67. The van der Waals surface area contributed by atoms with Gasteiger partial charge in [0.2, 0.25) is 0 Å². The molecule has 0 bridgehead atoms. The third-order valence-corrected chi connectivity index (χ3v) is 1.07. The van der Waals surface area contributed by atoms with E-state index in [1.54, 1.807) is 0 Å².